The molecule has 0 fully saturated rings. The molecule has 1 N–H and O–H groups in total. The average Bonchev–Trinajstić information content (AvgIpc) is 2.78. The van der Waals surface area contributed by atoms with Gasteiger partial charge in [0.05, 0.1) is 33.4 Å². The predicted octanol–water partition coefficient (Wildman–Crippen LogP) is 5.31. The molecule has 0 atom stereocenters. The van der Waals surface area contributed by atoms with Gasteiger partial charge < -0.3 is 24.1 Å². The van der Waals surface area contributed by atoms with Crippen LogP contribution < -0.4 is 9.47 Å². The van der Waals surface area contributed by atoms with Gasteiger partial charge in [0.25, 0.3) is 0 Å². The summed E-state index contributed by atoms with van der Waals surface area (Å²) in [6, 6.07) is 0. The van der Waals surface area contributed by atoms with Crippen LogP contribution in [0.5, 0.6) is 11.5 Å². The topological polar surface area (TPSA) is 91.3 Å². The normalized spacial score (nSPS) is 11.6. The Labute approximate surface area is 203 Å². The fraction of sp³-hybridized carbons (Fsp3) is 0.556. The van der Waals surface area contributed by atoms with Crippen LogP contribution in [0.15, 0.2) is 23.3 Å². The van der Waals surface area contributed by atoms with Crippen LogP contribution in [0.4, 0.5) is 0 Å². The molecule has 0 radical (unpaired) electrons. The van der Waals surface area contributed by atoms with Gasteiger partial charge in [-0.05, 0) is 60.8 Å². The number of carbonyl (C=O) groups excluding carboxylic acids is 2. The lowest BCUT2D eigenvalue weighted by atomic mass is 9.92. The van der Waals surface area contributed by atoms with E-state index in [1.165, 1.54) is 32.5 Å². The van der Waals surface area contributed by atoms with Crippen LogP contribution in [0, 0.1) is 5.41 Å². The molecule has 0 heterocycles. The fourth-order valence-electron chi connectivity index (χ4n) is 3.48. The first-order valence-corrected chi connectivity index (χ1v) is 11.4. The molecule has 0 aliphatic rings. The maximum Gasteiger partial charge on any atom is 0.342 e. The van der Waals surface area contributed by atoms with Gasteiger partial charge in [-0.1, -0.05) is 23.3 Å². The minimum Gasteiger partial charge on any atom is -0.496 e. The molecule has 190 valence electrons. The van der Waals surface area contributed by atoms with Crippen molar-refractivity contribution in [3.05, 3.63) is 45.6 Å². The van der Waals surface area contributed by atoms with Crippen molar-refractivity contribution in [1.82, 2.24) is 0 Å². The van der Waals surface area contributed by atoms with Crippen LogP contribution in [0.3, 0.4) is 0 Å². The molecule has 0 aliphatic carbocycles. The first kappa shape index (κ1) is 29.2. The summed E-state index contributed by atoms with van der Waals surface area (Å²) < 4.78 is 21.8. The Morgan fingerprint density at radius 3 is 2.00 bits per heavy atom. The van der Waals surface area contributed by atoms with E-state index in [1.54, 1.807) is 20.8 Å². The van der Waals surface area contributed by atoms with Crippen LogP contribution in [-0.4, -0.2) is 38.4 Å². The molecule has 7 nitrogen and oxygen atoms in total. The molecule has 0 unspecified atom stereocenters. The lowest BCUT2D eigenvalue weighted by molar-refractivity contribution is -0.154. The molecule has 0 amide bonds. The maximum atomic E-state index is 12.8. The van der Waals surface area contributed by atoms with Gasteiger partial charge in [0, 0.05) is 16.7 Å². The zero-order valence-corrected chi connectivity index (χ0v) is 22.1. The van der Waals surface area contributed by atoms with Crippen molar-refractivity contribution in [3.63, 3.8) is 0 Å². The standard InChI is InChI=1S/C27H40O7/c1-17(2)11-10-12-18(3)13-14-19-23(31-7)20(15-28)21(16-34-26(30)27(4,5)6)22(24(19)32-8)25(29)33-9/h11,13,28H,10,12,14-16H2,1-9H3. The highest BCUT2D eigenvalue weighted by Crippen LogP contribution is 2.41. The van der Waals surface area contributed by atoms with Gasteiger partial charge in [-0.25, -0.2) is 4.79 Å². The first-order chi connectivity index (χ1) is 15.9. The van der Waals surface area contributed by atoms with Crippen LogP contribution in [0.1, 0.15) is 81.4 Å². The molecule has 7 heteroatoms. The zero-order valence-electron chi connectivity index (χ0n) is 22.1. The summed E-state index contributed by atoms with van der Waals surface area (Å²) in [5.41, 5.74) is 3.10. The molecule has 1 rings (SSSR count). The number of ether oxygens (including phenoxy) is 4. The van der Waals surface area contributed by atoms with E-state index in [0.717, 1.165) is 12.8 Å². The summed E-state index contributed by atoms with van der Waals surface area (Å²) in [7, 11) is 4.22. The van der Waals surface area contributed by atoms with Crippen LogP contribution in [0.25, 0.3) is 0 Å². The van der Waals surface area contributed by atoms with E-state index in [4.69, 9.17) is 18.9 Å². The molecule has 0 bridgehead atoms. The number of allylic oxidation sites excluding steroid dienone is 4. The monoisotopic (exact) mass is 476 g/mol. The minimum absolute atomic E-state index is 0.113. The quantitative estimate of drug-likeness (QED) is 0.342. The molecular formula is C27H40O7. The molecule has 34 heavy (non-hydrogen) atoms. The van der Waals surface area contributed by atoms with Crippen molar-refractivity contribution in [1.29, 1.82) is 0 Å². The zero-order chi connectivity index (χ0) is 26.1. The molecular weight excluding hydrogens is 436 g/mol. The summed E-state index contributed by atoms with van der Waals surface area (Å²) in [5, 5.41) is 10.2. The second-order valence-electron chi connectivity index (χ2n) is 9.43. The number of hydrogen-bond donors (Lipinski definition) is 1. The van der Waals surface area contributed by atoms with Gasteiger partial charge in [-0.2, -0.15) is 0 Å². The molecule has 1 aromatic rings. The van der Waals surface area contributed by atoms with Crippen molar-refractivity contribution in [3.8, 4) is 11.5 Å². The van der Waals surface area contributed by atoms with Gasteiger partial charge in [-0.15, -0.1) is 0 Å². The number of carbonyl (C=O) groups is 2. The summed E-state index contributed by atoms with van der Waals surface area (Å²) in [6.45, 7) is 10.7. The highest BCUT2D eigenvalue weighted by atomic mass is 16.5. The SMILES string of the molecule is COC(=O)c1c(COC(=O)C(C)(C)C)c(CO)c(OC)c(CC=C(C)CCC=C(C)C)c1OC. The lowest BCUT2D eigenvalue weighted by Crippen LogP contribution is -2.24. The third-order valence-electron chi connectivity index (χ3n) is 5.38. The highest BCUT2D eigenvalue weighted by Gasteiger charge is 2.31. The fourth-order valence-corrected chi connectivity index (χ4v) is 3.48. The van der Waals surface area contributed by atoms with Gasteiger partial charge >= 0.3 is 11.9 Å². The second-order valence-corrected chi connectivity index (χ2v) is 9.43. The summed E-state index contributed by atoms with van der Waals surface area (Å²) in [6.07, 6.45) is 6.50. The Balaban J connectivity index is 3.63. The number of aliphatic hydroxyl groups excluding tert-OH is 1. The number of esters is 2. The Morgan fingerprint density at radius 1 is 0.912 bits per heavy atom. The number of rotatable bonds is 11. The van der Waals surface area contributed by atoms with E-state index in [1.807, 2.05) is 6.92 Å². The predicted molar refractivity (Wildman–Crippen MR) is 132 cm³/mol. The Hall–Kier alpha value is -2.80. The van der Waals surface area contributed by atoms with Crippen molar-refractivity contribution >= 4 is 11.9 Å². The molecule has 1 aromatic carbocycles. The maximum absolute atomic E-state index is 12.8. The smallest absolute Gasteiger partial charge is 0.342 e. The van der Waals surface area contributed by atoms with Gasteiger partial charge in [0.1, 0.15) is 23.7 Å². The first-order valence-electron chi connectivity index (χ1n) is 11.4. The van der Waals surface area contributed by atoms with Crippen molar-refractivity contribution in [2.75, 3.05) is 21.3 Å². The Bertz CT molecular complexity index is 930. The van der Waals surface area contributed by atoms with E-state index < -0.39 is 24.0 Å². The van der Waals surface area contributed by atoms with Crippen molar-refractivity contribution < 1.29 is 33.6 Å². The van der Waals surface area contributed by atoms with Crippen LogP contribution in [0.2, 0.25) is 0 Å². The number of benzene rings is 1. The molecule has 0 saturated heterocycles. The van der Waals surface area contributed by atoms with Crippen molar-refractivity contribution in [2.45, 2.75) is 74.0 Å². The molecule has 0 saturated carbocycles. The van der Waals surface area contributed by atoms with Crippen LogP contribution >= 0.6 is 0 Å². The van der Waals surface area contributed by atoms with Gasteiger partial charge in [0.15, 0.2) is 0 Å². The summed E-state index contributed by atoms with van der Waals surface area (Å²) in [5.74, 6) is -0.427. The van der Waals surface area contributed by atoms with Crippen molar-refractivity contribution in [2.24, 2.45) is 5.41 Å². The van der Waals surface area contributed by atoms with E-state index in [2.05, 4.69) is 26.0 Å². The van der Waals surface area contributed by atoms with E-state index in [0.29, 0.717) is 28.9 Å². The van der Waals surface area contributed by atoms with E-state index in [9.17, 15) is 14.7 Å². The lowest BCUT2D eigenvalue weighted by Gasteiger charge is -2.24. The number of aliphatic hydroxyl groups is 1. The summed E-state index contributed by atoms with van der Waals surface area (Å²) in [4.78, 5) is 25.2. The molecule has 0 aliphatic heterocycles. The second kappa shape index (κ2) is 13.2. The Morgan fingerprint density at radius 2 is 1.53 bits per heavy atom. The van der Waals surface area contributed by atoms with Gasteiger partial charge in [0.2, 0.25) is 0 Å². The third-order valence-corrected chi connectivity index (χ3v) is 5.38. The number of methoxy groups -OCH3 is 3. The summed E-state index contributed by atoms with van der Waals surface area (Å²) >= 11 is 0. The van der Waals surface area contributed by atoms with Crippen LogP contribution in [-0.2, 0) is 33.9 Å². The average molecular weight is 477 g/mol. The number of hydrogen-bond acceptors (Lipinski definition) is 7. The minimum atomic E-state index is -0.729. The molecule has 0 aromatic heterocycles. The highest BCUT2D eigenvalue weighted by molar-refractivity contribution is 5.96. The van der Waals surface area contributed by atoms with E-state index >= 15 is 0 Å². The van der Waals surface area contributed by atoms with E-state index in [-0.39, 0.29) is 17.9 Å². The Kier molecular flexibility index (Phi) is 11.3. The molecule has 0 spiro atoms. The third kappa shape index (κ3) is 7.62. The van der Waals surface area contributed by atoms with Gasteiger partial charge in [-0.3, -0.25) is 4.79 Å². The largest absolute Gasteiger partial charge is 0.496 e.